The third-order valence-corrected chi connectivity index (χ3v) is 19.7. The number of nitrogens with one attached hydrogen (secondary N) is 1. The number of ether oxygens (including phenoxy) is 9. The van der Waals surface area contributed by atoms with Gasteiger partial charge in [0, 0.05) is 19.3 Å². The summed E-state index contributed by atoms with van der Waals surface area (Å²) in [5.41, 5.74) is -0.868. The summed E-state index contributed by atoms with van der Waals surface area (Å²) in [5.74, 6) is -0.0644. The van der Waals surface area contributed by atoms with Crippen molar-refractivity contribution >= 4 is 0 Å². The summed E-state index contributed by atoms with van der Waals surface area (Å²) >= 11 is 0. The molecule has 6 saturated heterocycles. The van der Waals surface area contributed by atoms with Crippen molar-refractivity contribution < 1.29 is 111 Å². The second kappa shape index (κ2) is 21.1. The Morgan fingerprint density at radius 2 is 1.25 bits per heavy atom. The molecule has 10 fully saturated rings. The fourth-order valence-corrected chi connectivity index (χ4v) is 15.7. The number of hydrogen-bond donors (Lipinski definition) is 13. The van der Waals surface area contributed by atoms with E-state index in [0.717, 1.165) is 38.5 Å². The normalized spacial score (nSPS) is 61.1. The van der Waals surface area contributed by atoms with Crippen LogP contribution in [0.3, 0.4) is 0 Å². The number of aliphatic hydroxyl groups is 12. The van der Waals surface area contributed by atoms with Crippen molar-refractivity contribution in [2.45, 2.75) is 226 Å². The molecule has 6 heterocycles. The molecule has 0 radical (unpaired) electrons. The number of aliphatic hydroxyl groups excluding tert-OH is 12. The standard InChI is InChI=1S/C50H83NO21/c1-20-7-12-50(51-15-20)21(2)32-28(72-50)14-26-24-6-5-22-13-23(8-10-48(22,3)25(24)9-11-49(26,32)4)65-45-40(63)37(60)41(31(18-54)68-45)69-47-43(71-46-39(62)36(59)34(57)29(16-52)66-46)42(35(58)30(17-53)67-47)70-44-38(61)33(56)27(55)19-64-44/h20-47,51-63H,5-19H2,1-4H3/t20-,21-,22-,23-,24+,25-,26-,27+,28-,29+,30+,31+,32-,33-,34+,35+,36-,37+,38+,39+,40+,41-,42-,43+,44-,45+,46-,47-,48-,49-,50-/m0/s1/i1D3,15D,20D/t15?,20-,21-,22-,23-,24+,25-,26-,27+,28-,29+,30+,31+,32-,33-,34+,35+,36-,37+,38+,39+,40+,41-,42-,43+,44-,45+,46-,47-,48-,49-,50-. The summed E-state index contributed by atoms with van der Waals surface area (Å²) in [6.45, 7) is 0.00379. The summed E-state index contributed by atoms with van der Waals surface area (Å²) in [7, 11) is 0. The number of fused-ring (bicyclic) bond motifs is 7. The van der Waals surface area contributed by atoms with Gasteiger partial charge in [0.05, 0.1) is 38.6 Å². The van der Waals surface area contributed by atoms with Crippen molar-refractivity contribution in [3.63, 3.8) is 0 Å². The molecule has 13 N–H and O–H groups in total. The lowest BCUT2D eigenvalue weighted by molar-refractivity contribution is -0.404. The average molecular weight is 1040 g/mol. The molecule has 22 heteroatoms. The van der Waals surface area contributed by atoms with Gasteiger partial charge in [-0.1, -0.05) is 27.6 Å². The number of rotatable bonds is 11. The Balaban J connectivity index is 0.802. The summed E-state index contributed by atoms with van der Waals surface area (Å²) in [6.07, 6.45) is -26.4. The van der Waals surface area contributed by atoms with Crippen LogP contribution in [0.5, 0.6) is 0 Å². The molecule has 32 atom stereocenters. The highest BCUT2D eigenvalue weighted by molar-refractivity contribution is 5.16. The second-order valence-corrected chi connectivity index (χ2v) is 23.3. The van der Waals surface area contributed by atoms with Gasteiger partial charge in [0.1, 0.15) is 97.3 Å². The maximum absolute atomic E-state index is 11.8. The van der Waals surface area contributed by atoms with Gasteiger partial charge in [-0.05, 0) is 111 Å². The highest BCUT2D eigenvalue weighted by Gasteiger charge is 2.69. The first-order valence-electron chi connectivity index (χ1n) is 28.9. The topological polar surface area (TPSA) is 338 Å². The Hall–Kier alpha value is -0.880. The number of piperidine rings is 1. The van der Waals surface area contributed by atoms with Crippen LogP contribution in [0.25, 0.3) is 0 Å². The van der Waals surface area contributed by atoms with Crippen LogP contribution >= 0.6 is 0 Å². The average Bonchev–Trinajstić information content (AvgIpc) is 3.84. The molecule has 6 aliphatic heterocycles. The Morgan fingerprint density at radius 1 is 0.611 bits per heavy atom. The van der Waals surface area contributed by atoms with Crippen molar-refractivity contribution in [2.75, 3.05) is 32.9 Å². The summed E-state index contributed by atoms with van der Waals surface area (Å²) in [6, 6.07) is 0. The van der Waals surface area contributed by atoms with Gasteiger partial charge in [-0.2, -0.15) is 0 Å². The zero-order valence-electron chi connectivity index (χ0n) is 46.1. The van der Waals surface area contributed by atoms with E-state index in [1.807, 2.05) is 0 Å². The summed E-state index contributed by atoms with van der Waals surface area (Å²) in [4.78, 5) is 0. The van der Waals surface area contributed by atoms with E-state index in [1.165, 1.54) is 0 Å². The zero-order valence-corrected chi connectivity index (χ0v) is 41.1. The fraction of sp³-hybridized carbons (Fsp3) is 1.00. The van der Waals surface area contributed by atoms with E-state index < -0.39 is 174 Å². The van der Waals surface area contributed by atoms with E-state index in [0.29, 0.717) is 37.0 Å². The maximum atomic E-state index is 11.8. The molecule has 4 saturated carbocycles. The van der Waals surface area contributed by atoms with Gasteiger partial charge in [0.2, 0.25) is 0 Å². The van der Waals surface area contributed by atoms with Gasteiger partial charge in [-0.15, -0.1) is 0 Å². The predicted molar refractivity (Wildman–Crippen MR) is 244 cm³/mol. The first kappa shape index (κ1) is 48.3. The monoisotopic (exact) mass is 1040 g/mol. The highest BCUT2D eigenvalue weighted by atomic mass is 16.8. The van der Waals surface area contributed by atoms with E-state index in [2.05, 4.69) is 26.1 Å². The minimum Gasteiger partial charge on any atom is -0.394 e. The molecule has 414 valence electrons. The lowest BCUT2D eigenvalue weighted by atomic mass is 9.44. The molecule has 22 nitrogen and oxygen atoms in total. The van der Waals surface area contributed by atoms with E-state index in [4.69, 9.17) is 49.5 Å². The lowest BCUT2D eigenvalue weighted by Crippen LogP contribution is -2.68. The quantitative estimate of drug-likeness (QED) is 0.0937. The van der Waals surface area contributed by atoms with Crippen molar-refractivity contribution in [1.29, 1.82) is 0 Å². The molecule has 0 aromatic carbocycles. The van der Waals surface area contributed by atoms with Crippen LogP contribution in [0.1, 0.15) is 98.7 Å². The lowest BCUT2D eigenvalue weighted by Gasteiger charge is -2.61. The molecule has 0 aromatic heterocycles. The Kier molecular flexibility index (Phi) is 14.1. The van der Waals surface area contributed by atoms with E-state index in [9.17, 15) is 61.3 Å². The molecule has 1 spiro atoms. The van der Waals surface area contributed by atoms with Crippen LogP contribution in [0.15, 0.2) is 0 Å². The minimum absolute atomic E-state index is 0.0121. The van der Waals surface area contributed by atoms with Gasteiger partial charge in [-0.25, -0.2) is 0 Å². The zero-order chi connectivity index (χ0) is 55.6. The number of hydrogen-bond acceptors (Lipinski definition) is 22. The van der Waals surface area contributed by atoms with Crippen LogP contribution in [-0.2, 0) is 42.6 Å². The Bertz CT molecular complexity index is 2040. The molecule has 72 heavy (non-hydrogen) atoms. The van der Waals surface area contributed by atoms with Crippen LogP contribution in [0, 0.1) is 52.2 Å². The molecule has 0 amide bonds. The molecule has 1 unspecified atom stereocenters. The van der Waals surface area contributed by atoms with Gasteiger partial charge in [0.25, 0.3) is 0 Å². The third-order valence-electron chi connectivity index (χ3n) is 19.7. The van der Waals surface area contributed by atoms with Crippen molar-refractivity contribution in [3.05, 3.63) is 0 Å². The molecule has 10 rings (SSSR count). The third kappa shape index (κ3) is 9.26. The van der Waals surface area contributed by atoms with Gasteiger partial charge >= 0.3 is 0 Å². The Morgan fingerprint density at radius 3 is 1.97 bits per heavy atom. The second-order valence-electron chi connectivity index (χ2n) is 23.3. The van der Waals surface area contributed by atoms with Crippen molar-refractivity contribution in [3.8, 4) is 0 Å². The first-order chi connectivity index (χ1) is 36.2. The molecule has 10 aliphatic rings. The van der Waals surface area contributed by atoms with E-state index in [1.54, 1.807) is 0 Å². The largest absolute Gasteiger partial charge is 0.394 e. The molecule has 0 aromatic rings. The summed E-state index contributed by atoms with van der Waals surface area (Å²) in [5, 5.41) is 133. The van der Waals surface area contributed by atoms with Crippen LogP contribution in [-0.4, -0.2) is 229 Å². The minimum atomic E-state index is -2.60. The molecular weight excluding hydrogens is 951 g/mol. The van der Waals surface area contributed by atoms with Crippen molar-refractivity contribution in [1.82, 2.24) is 5.32 Å². The van der Waals surface area contributed by atoms with E-state index >= 15 is 0 Å². The van der Waals surface area contributed by atoms with Crippen LogP contribution in [0.2, 0.25) is 0 Å². The van der Waals surface area contributed by atoms with Crippen LogP contribution in [0.4, 0.5) is 0 Å². The first-order valence-corrected chi connectivity index (χ1v) is 26.3. The SMILES string of the molecule is [2H]C1N[C@@]2(CC[C@]1([2H])C([2H])([2H])[2H])O[C@H]1C[C@H]3[C@@H]4CC[C@H]5C[C@@H](O[C@@H]6O[C@H](CO)[C@H](O[C@@H]7O[C@H](CO)[C@@H](O)[C@H](O[C@@H]8OC[C@@H](O)[C@H](O)[C@H]8O)[C@H]7O[C@@H]7O[C@H](CO)[C@@H](O)[C@H](O)[C@H]7O)[C@H](O)[C@H]6O)CC[C@]5(C)[C@H]4CC[C@]3(C)[C@H]1[C@@H]2C. The fourth-order valence-electron chi connectivity index (χ4n) is 15.7. The van der Waals surface area contributed by atoms with Crippen molar-refractivity contribution in [2.24, 2.45) is 52.2 Å². The predicted octanol–water partition coefficient (Wildman–Crippen LogP) is -2.70. The van der Waals surface area contributed by atoms with Gasteiger partial charge in [0.15, 0.2) is 25.2 Å². The highest BCUT2D eigenvalue weighted by Crippen LogP contribution is 2.71. The molecular formula is C50H83NO21. The van der Waals surface area contributed by atoms with Crippen LogP contribution < -0.4 is 5.32 Å². The van der Waals surface area contributed by atoms with E-state index in [-0.39, 0.29) is 41.1 Å². The molecule has 4 aliphatic carbocycles. The summed E-state index contributed by atoms with van der Waals surface area (Å²) < 4.78 is 96.2. The van der Waals surface area contributed by atoms with Gasteiger partial charge < -0.3 is 104 Å². The maximum Gasteiger partial charge on any atom is 0.187 e. The molecule has 0 bridgehead atoms. The smallest absolute Gasteiger partial charge is 0.187 e. The van der Waals surface area contributed by atoms with Gasteiger partial charge in [-0.3, -0.25) is 5.32 Å². The Labute approximate surface area is 427 Å².